The van der Waals surface area contributed by atoms with Crippen LogP contribution >= 0.6 is 11.3 Å². The first kappa shape index (κ1) is 18.0. The van der Waals surface area contributed by atoms with Gasteiger partial charge < -0.3 is 14.5 Å². The van der Waals surface area contributed by atoms with Crippen LogP contribution in [0.4, 0.5) is 5.82 Å². The highest BCUT2D eigenvalue weighted by Crippen LogP contribution is 2.27. The van der Waals surface area contributed by atoms with Crippen molar-refractivity contribution in [1.82, 2.24) is 14.8 Å². The summed E-state index contributed by atoms with van der Waals surface area (Å²) < 4.78 is 12.2. The minimum Gasteiger partial charge on any atom is -0.494 e. The first-order valence-electron chi connectivity index (χ1n) is 8.74. The molecule has 0 bridgehead atoms. The average molecular weight is 394 g/mol. The number of hydrogen-bond acceptors (Lipinski definition) is 6. The predicted octanol–water partition coefficient (Wildman–Crippen LogP) is 4.55. The summed E-state index contributed by atoms with van der Waals surface area (Å²) in [5.74, 6) is 1.26. The average Bonchev–Trinajstić information content (AvgIpc) is 3.43. The first-order valence-corrected chi connectivity index (χ1v) is 9.62. The number of carbonyl (C=O) groups is 1. The molecule has 0 spiro atoms. The second-order valence-electron chi connectivity index (χ2n) is 5.99. The van der Waals surface area contributed by atoms with E-state index < -0.39 is 0 Å². The van der Waals surface area contributed by atoms with Gasteiger partial charge in [0.2, 0.25) is 5.13 Å². The van der Waals surface area contributed by atoms with Gasteiger partial charge in [0, 0.05) is 17.0 Å². The van der Waals surface area contributed by atoms with Gasteiger partial charge in [-0.3, -0.25) is 4.79 Å². The van der Waals surface area contributed by atoms with E-state index in [0.29, 0.717) is 17.6 Å². The molecule has 0 aliphatic carbocycles. The molecule has 142 valence electrons. The van der Waals surface area contributed by atoms with Gasteiger partial charge in [0.25, 0.3) is 5.91 Å². The number of rotatable bonds is 6. The van der Waals surface area contributed by atoms with Gasteiger partial charge in [-0.25, -0.2) is 4.98 Å². The second-order valence-corrected chi connectivity index (χ2v) is 6.82. The number of aryl methyl sites for hydroxylation is 1. The Balaban J connectivity index is 1.59. The SMILES string of the molecule is CCOc1ccc(-c2csc(-n3nc(C)cc3NC(=O)c3ccco3)n2)cc1. The summed E-state index contributed by atoms with van der Waals surface area (Å²) in [7, 11) is 0. The van der Waals surface area contributed by atoms with Crippen LogP contribution in [0.5, 0.6) is 5.75 Å². The van der Waals surface area contributed by atoms with E-state index in [2.05, 4.69) is 15.4 Å². The number of nitrogens with one attached hydrogen (secondary N) is 1. The van der Waals surface area contributed by atoms with Crippen molar-refractivity contribution in [1.29, 1.82) is 0 Å². The Morgan fingerprint density at radius 2 is 2.11 bits per heavy atom. The quantitative estimate of drug-likeness (QED) is 0.519. The number of ether oxygens (including phenoxy) is 1. The van der Waals surface area contributed by atoms with Crippen LogP contribution in [0.2, 0.25) is 0 Å². The zero-order valence-corrected chi connectivity index (χ0v) is 16.2. The minimum atomic E-state index is -0.338. The standard InChI is InChI=1S/C20H18N4O3S/c1-3-26-15-8-6-14(7-9-15)16-12-28-20(21-16)24-18(11-13(2)23-24)22-19(25)17-5-4-10-27-17/h4-12H,3H2,1-2H3,(H,22,25). The van der Waals surface area contributed by atoms with Crippen molar-refractivity contribution in [3.63, 3.8) is 0 Å². The van der Waals surface area contributed by atoms with E-state index in [9.17, 15) is 4.79 Å². The van der Waals surface area contributed by atoms with Gasteiger partial charge in [-0.2, -0.15) is 9.78 Å². The van der Waals surface area contributed by atoms with E-state index in [4.69, 9.17) is 9.15 Å². The highest BCUT2D eigenvalue weighted by molar-refractivity contribution is 7.12. The molecular weight excluding hydrogens is 376 g/mol. The lowest BCUT2D eigenvalue weighted by Crippen LogP contribution is -2.14. The smallest absolute Gasteiger partial charge is 0.292 e. The molecule has 7 nitrogen and oxygen atoms in total. The summed E-state index contributed by atoms with van der Waals surface area (Å²) in [5.41, 5.74) is 2.59. The lowest BCUT2D eigenvalue weighted by atomic mass is 10.2. The molecule has 28 heavy (non-hydrogen) atoms. The predicted molar refractivity (Wildman–Crippen MR) is 107 cm³/mol. The third-order valence-corrected chi connectivity index (χ3v) is 4.77. The maximum atomic E-state index is 12.3. The molecule has 4 aromatic rings. The molecule has 0 saturated heterocycles. The second kappa shape index (κ2) is 7.69. The highest BCUT2D eigenvalue weighted by atomic mass is 32.1. The van der Waals surface area contributed by atoms with Crippen molar-refractivity contribution in [2.24, 2.45) is 0 Å². The Kier molecular flexibility index (Phi) is 4.94. The van der Waals surface area contributed by atoms with Crippen LogP contribution in [0.15, 0.2) is 58.5 Å². The summed E-state index contributed by atoms with van der Waals surface area (Å²) in [6, 6.07) is 12.8. The number of amides is 1. The van der Waals surface area contributed by atoms with Crippen molar-refractivity contribution < 1.29 is 13.9 Å². The van der Waals surface area contributed by atoms with Crippen LogP contribution in [-0.4, -0.2) is 27.3 Å². The third kappa shape index (κ3) is 3.67. The third-order valence-electron chi connectivity index (χ3n) is 3.95. The maximum absolute atomic E-state index is 12.3. The van der Waals surface area contributed by atoms with Crippen molar-refractivity contribution in [2.75, 3.05) is 11.9 Å². The Bertz CT molecular complexity index is 1080. The Hall–Kier alpha value is -3.39. The number of furan rings is 1. The van der Waals surface area contributed by atoms with Gasteiger partial charge in [-0.1, -0.05) is 0 Å². The van der Waals surface area contributed by atoms with E-state index >= 15 is 0 Å². The lowest BCUT2D eigenvalue weighted by Gasteiger charge is -2.05. The normalized spacial score (nSPS) is 10.8. The van der Waals surface area contributed by atoms with Crippen LogP contribution in [0.25, 0.3) is 16.4 Å². The van der Waals surface area contributed by atoms with Gasteiger partial charge in [-0.05, 0) is 50.2 Å². The molecule has 1 amide bonds. The maximum Gasteiger partial charge on any atom is 0.292 e. The number of anilines is 1. The lowest BCUT2D eigenvalue weighted by molar-refractivity contribution is 0.0996. The van der Waals surface area contributed by atoms with Crippen LogP contribution in [0, 0.1) is 6.92 Å². The number of nitrogens with zero attached hydrogens (tertiary/aromatic N) is 3. The van der Waals surface area contributed by atoms with Gasteiger partial charge in [0.1, 0.15) is 11.6 Å². The summed E-state index contributed by atoms with van der Waals surface area (Å²) in [5, 5.41) is 9.90. The zero-order chi connectivity index (χ0) is 19.5. The molecule has 4 rings (SSSR count). The van der Waals surface area contributed by atoms with E-state index in [1.165, 1.54) is 17.6 Å². The first-order chi connectivity index (χ1) is 13.6. The van der Waals surface area contributed by atoms with Gasteiger partial charge in [-0.15, -0.1) is 11.3 Å². The number of aromatic nitrogens is 3. The molecular formula is C20H18N4O3S. The summed E-state index contributed by atoms with van der Waals surface area (Å²) in [6.45, 7) is 4.44. The van der Waals surface area contributed by atoms with Gasteiger partial charge in [0.15, 0.2) is 5.76 Å². The Labute approximate surface area is 165 Å². The Morgan fingerprint density at radius 3 is 2.82 bits per heavy atom. The molecule has 3 heterocycles. The topological polar surface area (TPSA) is 82.2 Å². The van der Waals surface area contributed by atoms with Crippen LogP contribution < -0.4 is 10.1 Å². The fraction of sp³-hybridized carbons (Fsp3) is 0.150. The van der Waals surface area contributed by atoms with E-state index in [1.54, 1.807) is 22.9 Å². The molecule has 0 radical (unpaired) electrons. The molecule has 1 N–H and O–H groups in total. The molecule has 3 aromatic heterocycles. The van der Waals surface area contributed by atoms with Crippen molar-refractivity contribution >= 4 is 23.1 Å². The number of carbonyl (C=O) groups excluding carboxylic acids is 1. The van der Waals surface area contributed by atoms with E-state index in [1.807, 2.05) is 43.5 Å². The number of hydrogen-bond donors (Lipinski definition) is 1. The zero-order valence-electron chi connectivity index (χ0n) is 15.4. The molecule has 0 fully saturated rings. The summed E-state index contributed by atoms with van der Waals surface area (Å²) >= 11 is 1.45. The van der Waals surface area contributed by atoms with Crippen molar-refractivity contribution in [3.05, 3.63) is 65.6 Å². The molecule has 0 atom stereocenters. The van der Waals surface area contributed by atoms with Crippen molar-refractivity contribution in [3.8, 4) is 22.1 Å². The van der Waals surface area contributed by atoms with Gasteiger partial charge in [0.05, 0.1) is 24.3 Å². The van der Waals surface area contributed by atoms with E-state index in [-0.39, 0.29) is 11.7 Å². The van der Waals surface area contributed by atoms with E-state index in [0.717, 1.165) is 22.7 Å². The summed E-state index contributed by atoms with van der Waals surface area (Å²) in [4.78, 5) is 17.0. The summed E-state index contributed by atoms with van der Waals surface area (Å²) in [6.07, 6.45) is 1.46. The monoisotopic (exact) mass is 394 g/mol. The molecule has 0 aliphatic rings. The van der Waals surface area contributed by atoms with Crippen LogP contribution in [0.3, 0.4) is 0 Å². The van der Waals surface area contributed by atoms with Crippen LogP contribution in [-0.2, 0) is 0 Å². The number of thiazole rings is 1. The molecule has 0 saturated carbocycles. The minimum absolute atomic E-state index is 0.236. The van der Waals surface area contributed by atoms with Crippen LogP contribution in [0.1, 0.15) is 23.2 Å². The molecule has 0 unspecified atom stereocenters. The number of benzene rings is 1. The fourth-order valence-corrected chi connectivity index (χ4v) is 3.50. The highest BCUT2D eigenvalue weighted by Gasteiger charge is 2.16. The molecule has 8 heteroatoms. The molecule has 0 aliphatic heterocycles. The van der Waals surface area contributed by atoms with Gasteiger partial charge >= 0.3 is 0 Å². The largest absolute Gasteiger partial charge is 0.494 e. The Morgan fingerprint density at radius 1 is 1.29 bits per heavy atom. The molecule has 1 aromatic carbocycles. The van der Waals surface area contributed by atoms with Crippen molar-refractivity contribution in [2.45, 2.75) is 13.8 Å². The fourth-order valence-electron chi connectivity index (χ4n) is 2.70.